The Morgan fingerprint density at radius 3 is 2.76 bits per heavy atom. The molecule has 0 aromatic carbocycles. The maximum Gasteiger partial charge on any atom is 0.311 e. The van der Waals surface area contributed by atoms with E-state index < -0.39 is 23.8 Å². The van der Waals surface area contributed by atoms with Gasteiger partial charge in [-0.05, 0) is 28.1 Å². The van der Waals surface area contributed by atoms with E-state index in [1.165, 1.54) is 6.07 Å². The van der Waals surface area contributed by atoms with Crippen LogP contribution in [0.4, 0.5) is 0 Å². The number of hydrogen-bond acceptors (Lipinski definition) is 4. The zero-order chi connectivity index (χ0) is 12.4. The summed E-state index contributed by atoms with van der Waals surface area (Å²) in [5.74, 6) is -2.00. The molecule has 6 nitrogen and oxygen atoms in total. The SMILES string of the molecule is O=C(NC1COCC1C(=O)O)c1ccc(Br)o1. The molecular weight excluding hydrogens is 294 g/mol. The Labute approximate surface area is 105 Å². The van der Waals surface area contributed by atoms with Crippen LogP contribution in [0, 0.1) is 5.92 Å². The van der Waals surface area contributed by atoms with Crippen molar-refractivity contribution in [3.05, 3.63) is 22.6 Å². The number of hydrogen-bond donors (Lipinski definition) is 2. The molecule has 1 aromatic rings. The van der Waals surface area contributed by atoms with Crippen molar-refractivity contribution >= 4 is 27.8 Å². The Hall–Kier alpha value is -1.34. The normalized spacial score (nSPS) is 23.6. The molecule has 92 valence electrons. The van der Waals surface area contributed by atoms with Crippen LogP contribution in [-0.2, 0) is 9.53 Å². The average molecular weight is 304 g/mol. The van der Waals surface area contributed by atoms with Gasteiger partial charge in [-0.25, -0.2) is 0 Å². The molecule has 7 heteroatoms. The summed E-state index contributed by atoms with van der Waals surface area (Å²) < 4.78 is 10.5. The summed E-state index contributed by atoms with van der Waals surface area (Å²) in [7, 11) is 0. The molecular formula is C10H10BrNO5. The number of rotatable bonds is 3. The van der Waals surface area contributed by atoms with Crippen molar-refractivity contribution in [2.24, 2.45) is 5.92 Å². The predicted octanol–water partition coefficient (Wildman–Crippen LogP) is 0.871. The third-order valence-electron chi connectivity index (χ3n) is 2.51. The Kier molecular flexibility index (Phi) is 3.49. The number of halogens is 1. The second-order valence-electron chi connectivity index (χ2n) is 3.67. The number of amides is 1. The Balaban J connectivity index is 2.01. The van der Waals surface area contributed by atoms with E-state index in [1.54, 1.807) is 6.07 Å². The van der Waals surface area contributed by atoms with Crippen molar-refractivity contribution in [3.63, 3.8) is 0 Å². The van der Waals surface area contributed by atoms with Crippen LogP contribution in [0.3, 0.4) is 0 Å². The lowest BCUT2D eigenvalue weighted by molar-refractivity contribution is -0.142. The minimum absolute atomic E-state index is 0.113. The summed E-state index contributed by atoms with van der Waals surface area (Å²) in [6.45, 7) is 0.312. The van der Waals surface area contributed by atoms with Crippen molar-refractivity contribution in [3.8, 4) is 0 Å². The first kappa shape index (κ1) is 12.1. The lowest BCUT2D eigenvalue weighted by Gasteiger charge is -2.14. The fraction of sp³-hybridized carbons (Fsp3) is 0.400. The van der Waals surface area contributed by atoms with E-state index in [0.29, 0.717) is 4.67 Å². The Bertz CT molecular complexity index is 444. The molecule has 1 amide bonds. The molecule has 2 rings (SSSR count). The topological polar surface area (TPSA) is 88.8 Å². The first-order valence-corrected chi connectivity index (χ1v) is 5.74. The standard InChI is InChI=1S/C10H10BrNO5/c11-8-2-1-7(17-8)9(13)12-6-4-16-3-5(6)10(14)15/h1-2,5-6H,3-4H2,(H,12,13)(H,14,15). The van der Waals surface area contributed by atoms with Gasteiger partial charge in [0, 0.05) is 0 Å². The van der Waals surface area contributed by atoms with E-state index in [9.17, 15) is 9.59 Å². The molecule has 1 fully saturated rings. The number of furan rings is 1. The number of carbonyl (C=O) groups excluding carboxylic acids is 1. The molecule has 1 aromatic heterocycles. The fourth-order valence-electron chi connectivity index (χ4n) is 1.62. The lowest BCUT2D eigenvalue weighted by Crippen LogP contribution is -2.42. The number of carboxylic acids is 1. The van der Waals surface area contributed by atoms with Crippen LogP contribution < -0.4 is 5.32 Å². The Morgan fingerprint density at radius 2 is 2.18 bits per heavy atom. The van der Waals surface area contributed by atoms with E-state index >= 15 is 0 Å². The molecule has 2 atom stereocenters. The van der Waals surface area contributed by atoms with Crippen LogP contribution in [0.15, 0.2) is 21.2 Å². The highest BCUT2D eigenvalue weighted by Gasteiger charge is 2.35. The van der Waals surface area contributed by atoms with E-state index in [-0.39, 0.29) is 19.0 Å². The first-order chi connectivity index (χ1) is 8.08. The molecule has 1 saturated heterocycles. The molecule has 0 spiro atoms. The highest BCUT2D eigenvalue weighted by molar-refractivity contribution is 9.10. The molecule has 1 aliphatic heterocycles. The summed E-state index contributed by atoms with van der Waals surface area (Å²) in [5.41, 5.74) is 0. The Morgan fingerprint density at radius 1 is 1.41 bits per heavy atom. The van der Waals surface area contributed by atoms with E-state index in [4.69, 9.17) is 14.3 Å². The van der Waals surface area contributed by atoms with Crippen LogP contribution >= 0.6 is 15.9 Å². The third kappa shape index (κ3) is 2.67. The van der Waals surface area contributed by atoms with Crippen LogP contribution in [-0.4, -0.2) is 36.2 Å². The van der Waals surface area contributed by atoms with Gasteiger partial charge in [0.25, 0.3) is 5.91 Å². The maximum absolute atomic E-state index is 11.7. The van der Waals surface area contributed by atoms with Gasteiger partial charge in [-0.3, -0.25) is 9.59 Å². The highest BCUT2D eigenvalue weighted by Crippen LogP contribution is 2.17. The number of nitrogens with one attached hydrogen (secondary N) is 1. The van der Waals surface area contributed by atoms with Gasteiger partial charge in [0.05, 0.1) is 19.3 Å². The van der Waals surface area contributed by atoms with Crippen LogP contribution in [0.2, 0.25) is 0 Å². The summed E-state index contributed by atoms with van der Waals surface area (Å²) in [6.07, 6.45) is 0. The monoisotopic (exact) mass is 303 g/mol. The fourth-order valence-corrected chi connectivity index (χ4v) is 1.92. The number of ether oxygens (including phenoxy) is 1. The molecule has 0 bridgehead atoms. The molecule has 0 aliphatic carbocycles. The van der Waals surface area contributed by atoms with Crippen molar-refractivity contribution in [2.75, 3.05) is 13.2 Å². The molecule has 17 heavy (non-hydrogen) atoms. The summed E-state index contributed by atoms with van der Waals surface area (Å²) in [5, 5.41) is 11.5. The largest absolute Gasteiger partial charge is 0.481 e. The second kappa shape index (κ2) is 4.89. The summed E-state index contributed by atoms with van der Waals surface area (Å²) in [4.78, 5) is 22.6. The van der Waals surface area contributed by atoms with Crippen LogP contribution in [0.5, 0.6) is 0 Å². The van der Waals surface area contributed by atoms with Crippen LogP contribution in [0.25, 0.3) is 0 Å². The van der Waals surface area contributed by atoms with Gasteiger partial charge in [-0.15, -0.1) is 0 Å². The quantitative estimate of drug-likeness (QED) is 0.865. The van der Waals surface area contributed by atoms with Crippen molar-refractivity contribution < 1.29 is 23.8 Å². The minimum Gasteiger partial charge on any atom is -0.481 e. The van der Waals surface area contributed by atoms with Gasteiger partial charge in [0.15, 0.2) is 10.4 Å². The molecule has 2 unspecified atom stereocenters. The smallest absolute Gasteiger partial charge is 0.311 e. The number of carboxylic acid groups (broad SMARTS) is 1. The second-order valence-corrected chi connectivity index (χ2v) is 4.45. The van der Waals surface area contributed by atoms with Gasteiger partial charge in [0.2, 0.25) is 0 Å². The van der Waals surface area contributed by atoms with Crippen molar-refractivity contribution in [2.45, 2.75) is 6.04 Å². The molecule has 0 radical (unpaired) electrons. The van der Waals surface area contributed by atoms with Crippen molar-refractivity contribution in [1.82, 2.24) is 5.32 Å². The molecule has 2 heterocycles. The maximum atomic E-state index is 11.7. The predicted molar refractivity (Wildman–Crippen MR) is 59.6 cm³/mol. The summed E-state index contributed by atoms with van der Waals surface area (Å²) >= 11 is 3.08. The average Bonchev–Trinajstić information content (AvgIpc) is 2.86. The van der Waals surface area contributed by atoms with E-state index in [1.807, 2.05) is 0 Å². The zero-order valence-electron chi connectivity index (χ0n) is 8.68. The van der Waals surface area contributed by atoms with E-state index in [2.05, 4.69) is 21.2 Å². The van der Waals surface area contributed by atoms with Gasteiger partial charge in [-0.2, -0.15) is 0 Å². The first-order valence-electron chi connectivity index (χ1n) is 4.94. The van der Waals surface area contributed by atoms with E-state index in [0.717, 1.165) is 0 Å². The summed E-state index contributed by atoms with van der Waals surface area (Å²) in [6, 6.07) is 2.57. The number of carbonyl (C=O) groups is 2. The third-order valence-corrected chi connectivity index (χ3v) is 2.94. The van der Waals surface area contributed by atoms with Gasteiger partial charge in [-0.1, -0.05) is 0 Å². The highest BCUT2D eigenvalue weighted by atomic mass is 79.9. The van der Waals surface area contributed by atoms with Gasteiger partial charge >= 0.3 is 5.97 Å². The van der Waals surface area contributed by atoms with Crippen LogP contribution in [0.1, 0.15) is 10.6 Å². The number of aliphatic carboxylic acids is 1. The zero-order valence-corrected chi connectivity index (χ0v) is 10.3. The van der Waals surface area contributed by atoms with Crippen molar-refractivity contribution in [1.29, 1.82) is 0 Å². The minimum atomic E-state index is -0.978. The molecule has 0 saturated carbocycles. The molecule has 1 aliphatic rings. The van der Waals surface area contributed by atoms with Gasteiger partial charge < -0.3 is 19.6 Å². The molecule has 2 N–H and O–H groups in total. The van der Waals surface area contributed by atoms with Gasteiger partial charge in [0.1, 0.15) is 5.92 Å². The lowest BCUT2D eigenvalue weighted by atomic mass is 10.0.